The van der Waals surface area contributed by atoms with Gasteiger partial charge in [-0.2, -0.15) is 0 Å². The van der Waals surface area contributed by atoms with Gasteiger partial charge in [-0.25, -0.2) is 4.98 Å². The summed E-state index contributed by atoms with van der Waals surface area (Å²) < 4.78 is 2.01. The summed E-state index contributed by atoms with van der Waals surface area (Å²) in [5.74, 6) is 0.650. The fourth-order valence-electron chi connectivity index (χ4n) is 3.52. The van der Waals surface area contributed by atoms with Crippen LogP contribution in [0.3, 0.4) is 0 Å². The van der Waals surface area contributed by atoms with Gasteiger partial charge in [-0.3, -0.25) is 4.79 Å². The van der Waals surface area contributed by atoms with Crippen LogP contribution in [-0.4, -0.2) is 22.0 Å². The zero-order chi connectivity index (χ0) is 16.4. The number of amides is 1. The predicted octanol–water partition coefficient (Wildman–Crippen LogP) is 4.40. The van der Waals surface area contributed by atoms with Crippen molar-refractivity contribution in [2.24, 2.45) is 5.92 Å². The van der Waals surface area contributed by atoms with Gasteiger partial charge in [-0.05, 0) is 43.0 Å². The van der Waals surface area contributed by atoms with Crippen LogP contribution in [0, 0.1) is 5.92 Å². The second-order valence-corrected chi connectivity index (χ2v) is 7.44. The first-order valence-corrected chi connectivity index (χ1v) is 9.43. The van der Waals surface area contributed by atoms with E-state index in [1.165, 1.54) is 43.4 Å². The van der Waals surface area contributed by atoms with Gasteiger partial charge in [0.25, 0.3) is 5.91 Å². The fraction of sp³-hybridized carbons (Fsp3) is 0.368. The molecule has 1 amide bonds. The van der Waals surface area contributed by atoms with E-state index in [0.29, 0.717) is 5.92 Å². The zero-order valence-corrected chi connectivity index (χ0v) is 14.4. The molecule has 1 aliphatic carbocycles. The molecule has 0 unspecified atom stereocenters. The molecule has 5 heteroatoms. The SMILES string of the molecule is O=C(NCC1CCCCC1)c1sc2ncccc2c1-n1cccc1. The normalized spacial score (nSPS) is 15.7. The molecule has 0 aromatic carbocycles. The summed E-state index contributed by atoms with van der Waals surface area (Å²) in [4.78, 5) is 18.9. The van der Waals surface area contributed by atoms with Gasteiger partial charge < -0.3 is 9.88 Å². The second kappa shape index (κ2) is 6.77. The van der Waals surface area contributed by atoms with Gasteiger partial charge in [-0.15, -0.1) is 11.3 Å². The molecule has 3 aromatic heterocycles. The third-order valence-corrected chi connectivity index (χ3v) is 5.89. The molecule has 24 heavy (non-hydrogen) atoms. The molecule has 3 aromatic rings. The minimum atomic E-state index is 0.0206. The van der Waals surface area contributed by atoms with E-state index < -0.39 is 0 Å². The van der Waals surface area contributed by atoms with E-state index in [4.69, 9.17) is 0 Å². The summed E-state index contributed by atoms with van der Waals surface area (Å²) in [6.07, 6.45) is 12.1. The van der Waals surface area contributed by atoms with E-state index in [9.17, 15) is 4.79 Å². The Morgan fingerprint density at radius 1 is 1.21 bits per heavy atom. The lowest BCUT2D eigenvalue weighted by Gasteiger charge is -2.21. The van der Waals surface area contributed by atoms with Crippen molar-refractivity contribution in [1.29, 1.82) is 0 Å². The Morgan fingerprint density at radius 3 is 2.79 bits per heavy atom. The van der Waals surface area contributed by atoms with E-state index >= 15 is 0 Å². The van der Waals surface area contributed by atoms with Crippen LogP contribution >= 0.6 is 11.3 Å². The Balaban J connectivity index is 1.63. The Bertz CT molecular complexity index is 832. The van der Waals surface area contributed by atoms with E-state index in [-0.39, 0.29) is 5.91 Å². The molecule has 4 rings (SSSR count). The van der Waals surface area contributed by atoms with E-state index in [0.717, 1.165) is 27.3 Å². The van der Waals surface area contributed by atoms with Crippen molar-refractivity contribution in [1.82, 2.24) is 14.9 Å². The van der Waals surface area contributed by atoms with Crippen molar-refractivity contribution in [3.05, 3.63) is 47.7 Å². The third-order valence-electron chi connectivity index (χ3n) is 4.79. The van der Waals surface area contributed by atoms with Gasteiger partial charge in [0, 0.05) is 30.5 Å². The number of rotatable bonds is 4. The standard InChI is InChI=1S/C19H21N3OS/c23-18(21-13-14-7-2-1-3-8-14)17-16(22-11-4-5-12-22)15-9-6-10-20-19(15)24-17/h4-6,9-12,14H,1-3,7-8,13H2,(H,21,23). The molecule has 0 aliphatic heterocycles. The molecular formula is C19H21N3OS. The third kappa shape index (κ3) is 2.96. The number of thiophene rings is 1. The van der Waals surface area contributed by atoms with Crippen LogP contribution < -0.4 is 5.32 Å². The van der Waals surface area contributed by atoms with Crippen LogP contribution in [-0.2, 0) is 0 Å². The van der Waals surface area contributed by atoms with Gasteiger partial charge in [-0.1, -0.05) is 19.3 Å². The van der Waals surface area contributed by atoms with Crippen LogP contribution in [0.25, 0.3) is 15.9 Å². The number of pyridine rings is 1. The van der Waals surface area contributed by atoms with Crippen molar-refractivity contribution in [3.8, 4) is 5.69 Å². The number of nitrogens with zero attached hydrogens (tertiary/aromatic N) is 2. The molecule has 124 valence electrons. The average Bonchev–Trinajstić information content (AvgIpc) is 3.27. The molecule has 0 atom stereocenters. The summed E-state index contributed by atoms with van der Waals surface area (Å²) in [7, 11) is 0. The van der Waals surface area contributed by atoms with E-state index in [1.807, 2.05) is 41.2 Å². The van der Waals surface area contributed by atoms with Gasteiger partial charge >= 0.3 is 0 Å². The lowest BCUT2D eigenvalue weighted by Crippen LogP contribution is -2.30. The Labute approximate surface area is 145 Å². The van der Waals surface area contributed by atoms with Crippen molar-refractivity contribution in [2.45, 2.75) is 32.1 Å². The molecule has 3 heterocycles. The van der Waals surface area contributed by atoms with Gasteiger partial charge in [0.1, 0.15) is 9.71 Å². The number of carbonyl (C=O) groups excluding carboxylic acids is 1. The lowest BCUT2D eigenvalue weighted by atomic mass is 9.89. The van der Waals surface area contributed by atoms with E-state index in [2.05, 4.69) is 10.3 Å². The predicted molar refractivity (Wildman–Crippen MR) is 97.9 cm³/mol. The van der Waals surface area contributed by atoms with E-state index in [1.54, 1.807) is 6.20 Å². The number of hydrogen-bond acceptors (Lipinski definition) is 3. The first-order chi connectivity index (χ1) is 11.8. The molecule has 0 bridgehead atoms. The molecule has 1 aliphatic rings. The quantitative estimate of drug-likeness (QED) is 0.766. The molecule has 0 radical (unpaired) electrons. The highest BCUT2D eigenvalue weighted by Gasteiger charge is 2.21. The maximum absolute atomic E-state index is 12.8. The van der Waals surface area contributed by atoms with Crippen LogP contribution in [0.4, 0.5) is 0 Å². The smallest absolute Gasteiger partial charge is 0.263 e. The summed E-state index contributed by atoms with van der Waals surface area (Å²) in [5, 5.41) is 4.19. The maximum Gasteiger partial charge on any atom is 0.263 e. The minimum Gasteiger partial charge on any atom is -0.351 e. The highest BCUT2D eigenvalue weighted by molar-refractivity contribution is 7.21. The summed E-state index contributed by atoms with van der Waals surface area (Å²) in [5.41, 5.74) is 0.939. The fourth-order valence-corrected chi connectivity index (χ4v) is 4.58. The first kappa shape index (κ1) is 15.4. The van der Waals surface area contributed by atoms with Crippen molar-refractivity contribution in [3.63, 3.8) is 0 Å². The molecule has 1 N–H and O–H groups in total. The van der Waals surface area contributed by atoms with Crippen molar-refractivity contribution in [2.75, 3.05) is 6.54 Å². The van der Waals surface area contributed by atoms with Crippen molar-refractivity contribution < 1.29 is 4.79 Å². The summed E-state index contributed by atoms with van der Waals surface area (Å²) >= 11 is 1.47. The maximum atomic E-state index is 12.8. The number of aromatic nitrogens is 2. The summed E-state index contributed by atoms with van der Waals surface area (Å²) in [6.45, 7) is 0.783. The van der Waals surface area contributed by atoms with Crippen LogP contribution in [0.15, 0.2) is 42.9 Å². The molecular weight excluding hydrogens is 318 g/mol. The Morgan fingerprint density at radius 2 is 2.00 bits per heavy atom. The van der Waals surface area contributed by atoms with Crippen LogP contribution in [0.2, 0.25) is 0 Å². The Kier molecular flexibility index (Phi) is 4.34. The number of fused-ring (bicyclic) bond motifs is 1. The highest BCUT2D eigenvalue weighted by Crippen LogP contribution is 2.33. The molecule has 1 saturated carbocycles. The number of hydrogen-bond donors (Lipinski definition) is 1. The zero-order valence-electron chi connectivity index (χ0n) is 13.6. The molecule has 1 fully saturated rings. The van der Waals surface area contributed by atoms with Gasteiger partial charge in [0.2, 0.25) is 0 Å². The van der Waals surface area contributed by atoms with Gasteiger partial charge in [0.05, 0.1) is 5.69 Å². The average molecular weight is 339 g/mol. The lowest BCUT2D eigenvalue weighted by molar-refractivity contribution is 0.0947. The Hall–Kier alpha value is -2.14. The molecule has 4 nitrogen and oxygen atoms in total. The van der Waals surface area contributed by atoms with Crippen molar-refractivity contribution >= 4 is 27.5 Å². The van der Waals surface area contributed by atoms with Gasteiger partial charge in [0.15, 0.2) is 0 Å². The number of carbonyl (C=O) groups is 1. The molecule has 0 spiro atoms. The topological polar surface area (TPSA) is 46.9 Å². The summed E-state index contributed by atoms with van der Waals surface area (Å²) in [6, 6.07) is 7.91. The second-order valence-electron chi connectivity index (χ2n) is 6.44. The molecule has 0 saturated heterocycles. The monoisotopic (exact) mass is 339 g/mol. The van der Waals surface area contributed by atoms with Crippen LogP contribution in [0.1, 0.15) is 41.8 Å². The highest BCUT2D eigenvalue weighted by atomic mass is 32.1. The minimum absolute atomic E-state index is 0.0206. The van der Waals surface area contributed by atoms with Crippen LogP contribution in [0.5, 0.6) is 0 Å². The number of nitrogens with one attached hydrogen (secondary N) is 1. The first-order valence-electron chi connectivity index (χ1n) is 8.62. The largest absolute Gasteiger partial charge is 0.351 e.